The number of aromatic nitrogens is 10. The molecule has 8 aromatic rings. The summed E-state index contributed by atoms with van der Waals surface area (Å²) in [5, 5.41) is 28.4. The van der Waals surface area contributed by atoms with Gasteiger partial charge < -0.3 is 25.8 Å². The highest BCUT2D eigenvalue weighted by Crippen LogP contribution is 2.39. The van der Waals surface area contributed by atoms with E-state index in [1.807, 2.05) is 86.2 Å². The Hall–Kier alpha value is -7.71. The molecule has 0 saturated heterocycles. The maximum absolute atomic E-state index is 13.1. The third-order valence-electron chi connectivity index (χ3n) is 12.8. The monoisotopic (exact) mass is 1090 g/mol. The number of alkyl carbamates (subject to hydrolysis) is 1. The normalized spacial score (nSPS) is 15.1. The zero-order valence-corrected chi connectivity index (χ0v) is 47.8. The van der Waals surface area contributed by atoms with E-state index >= 15 is 0 Å². The first kappa shape index (κ1) is 56.5. The zero-order valence-electron chi connectivity index (χ0n) is 46.2. The van der Waals surface area contributed by atoms with Crippen molar-refractivity contribution in [2.75, 3.05) is 10.6 Å². The van der Waals surface area contributed by atoms with Crippen LogP contribution in [0.4, 0.5) is 27.8 Å². The summed E-state index contributed by atoms with van der Waals surface area (Å²) in [6.45, 7) is 18.0. The number of nitrogens with zero attached hydrogens (tertiary/aromatic N) is 10. The van der Waals surface area contributed by atoms with Crippen LogP contribution < -0.4 is 16.0 Å². The number of carboxylic acids is 1. The molecule has 18 nitrogen and oxygen atoms in total. The van der Waals surface area contributed by atoms with Crippen molar-refractivity contribution in [3.05, 3.63) is 140 Å². The molecule has 2 aromatic carbocycles. The van der Waals surface area contributed by atoms with E-state index in [-0.39, 0.29) is 34.7 Å². The maximum atomic E-state index is 13.1. The summed E-state index contributed by atoms with van der Waals surface area (Å²) in [7, 11) is 3.75. The number of Topliss-reactive ketones (excluding diaryl/α,β-unsaturated/α-hetero) is 1. The third kappa shape index (κ3) is 15.1. The fourth-order valence-electron chi connectivity index (χ4n) is 9.09. The number of carbonyl (C=O) groups excluding carboxylic acids is 2. The molecule has 0 bridgehead atoms. The van der Waals surface area contributed by atoms with Crippen LogP contribution in [0.3, 0.4) is 0 Å². The van der Waals surface area contributed by atoms with E-state index in [1.165, 1.54) is 45.6 Å². The lowest BCUT2D eigenvalue weighted by atomic mass is 9.79. The van der Waals surface area contributed by atoms with Gasteiger partial charge in [-0.3, -0.25) is 14.2 Å². The van der Waals surface area contributed by atoms with Crippen LogP contribution in [0.5, 0.6) is 0 Å². The number of carboxylic acid groups (broad SMARTS) is 1. The van der Waals surface area contributed by atoms with E-state index in [9.17, 15) is 14.4 Å². The number of thiazole rings is 2. The van der Waals surface area contributed by atoms with Gasteiger partial charge >= 0.3 is 12.1 Å². The van der Waals surface area contributed by atoms with Gasteiger partial charge in [0.05, 0.1) is 62.3 Å². The molecule has 2 atom stereocenters. The van der Waals surface area contributed by atoms with Crippen LogP contribution in [-0.4, -0.2) is 78.0 Å². The second-order valence-electron chi connectivity index (χ2n) is 22.6. The molecule has 0 saturated carbocycles. The number of ether oxygens (including phenoxy) is 1. The van der Waals surface area contributed by atoms with Crippen LogP contribution in [0.1, 0.15) is 158 Å². The van der Waals surface area contributed by atoms with Gasteiger partial charge in [-0.15, -0.1) is 22.7 Å². The Morgan fingerprint density at radius 3 is 1.62 bits per heavy atom. The van der Waals surface area contributed by atoms with Crippen LogP contribution in [-0.2, 0) is 42.5 Å². The molecular weight excluding hydrogens is 1020 g/mol. The van der Waals surface area contributed by atoms with Gasteiger partial charge in [-0.25, -0.2) is 39.5 Å². The van der Waals surface area contributed by atoms with Crippen molar-refractivity contribution in [3.8, 4) is 22.5 Å². The topological polar surface area (TPSA) is 230 Å². The lowest BCUT2D eigenvalue weighted by Gasteiger charge is -2.28. The molecule has 2 aliphatic carbocycles. The number of amides is 1. The number of ketones is 1. The van der Waals surface area contributed by atoms with Gasteiger partial charge in [0.25, 0.3) is 0 Å². The Balaban J connectivity index is 0.000000171. The quantitative estimate of drug-likeness (QED) is 0.0883. The molecular formula is C58H69N13O5S2. The highest BCUT2D eigenvalue weighted by molar-refractivity contribution is 7.14. The Labute approximate surface area is 463 Å². The minimum absolute atomic E-state index is 0.0363. The van der Waals surface area contributed by atoms with E-state index in [0.29, 0.717) is 17.1 Å². The molecule has 20 heteroatoms. The largest absolute Gasteiger partial charge is 0.477 e. The first-order chi connectivity index (χ1) is 36.9. The fraction of sp³-hybridized carbons (Fsp3) is 0.397. The second kappa shape index (κ2) is 23.9. The van der Waals surface area contributed by atoms with E-state index < -0.39 is 11.6 Å². The summed E-state index contributed by atoms with van der Waals surface area (Å²) in [5.41, 5.74) is 9.90. The molecule has 6 heterocycles. The molecule has 10 rings (SSSR count). The Morgan fingerprint density at radius 2 is 1.14 bits per heavy atom. The number of carbonyl (C=O) groups is 3. The number of hydrogen-bond acceptors (Lipinski definition) is 16. The number of hydrogen-bond donors (Lipinski definition) is 4. The van der Waals surface area contributed by atoms with Crippen molar-refractivity contribution in [2.45, 2.75) is 136 Å². The Morgan fingerprint density at radius 1 is 0.641 bits per heavy atom. The van der Waals surface area contributed by atoms with Gasteiger partial charge in [0.15, 0.2) is 5.78 Å². The van der Waals surface area contributed by atoms with E-state index in [2.05, 4.69) is 107 Å². The first-order valence-corrected chi connectivity index (χ1v) is 27.7. The van der Waals surface area contributed by atoms with Crippen molar-refractivity contribution < 1.29 is 24.2 Å². The van der Waals surface area contributed by atoms with E-state index in [0.717, 1.165) is 98.7 Å². The van der Waals surface area contributed by atoms with Crippen LogP contribution in [0.25, 0.3) is 22.5 Å². The molecule has 1 amide bonds. The van der Waals surface area contributed by atoms with Gasteiger partial charge in [-0.2, -0.15) is 10.2 Å². The van der Waals surface area contributed by atoms with Crippen LogP contribution in [0.15, 0.2) is 98.4 Å². The molecule has 0 fully saturated rings. The van der Waals surface area contributed by atoms with Crippen LogP contribution in [0, 0.1) is 0 Å². The SMILES string of the molecule is CC(C)(C)c1ncc(C(=O)O)s1.Cn1cc(Nc2cc(-c3ccc4c(c3)CCCC4CC(=O)c3cnc(C(C)(C)C)s3)ncn2)cn1.Cn1cc(Nc2cc(-c3ccc4c(c3)CCCC4NC(=O)OC(C)(C)C)ncn2)cn1. The minimum atomic E-state index is -0.900. The predicted octanol–water partition coefficient (Wildman–Crippen LogP) is 12.7. The molecule has 0 aliphatic heterocycles. The zero-order chi connectivity index (χ0) is 55.9. The number of aryl methyl sites for hydroxylation is 4. The molecule has 78 heavy (non-hydrogen) atoms. The van der Waals surface area contributed by atoms with Crippen molar-refractivity contribution in [3.63, 3.8) is 0 Å². The molecule has 0 spiro atoms. The second-order valence-corrected chi connectivity index (χ2v) is 24.7. The predicted molar refractivity (Wildman–Crippen MR) is 306 cm³/mol. The third-order valence-corrected chi connectivity index (χ3v) is 15.7. The van der Waals surface area contributed by atoms with E-state index in [4.69, 9.17) is 9.84 Å². The first-order valence-electron chi connectivity index (χ1n) is 26.0. The van der Waals surface area contributed by atoms with E-state index in [1.54, 1.807) is 40.6 Å². The lowest BCUT2D eigenvalue weighted by Crippen LogP contribution is -2.36. The van der Waals surface area contributed by atoms with Gasteiger partial charge in [0.2, 0.25) is 0 Å². The maximum Gasteiger partial charge on any atom is 0.408 e. The molecule has 2 unspecified atom stereocenters. The molecule has 0 radical (unpaired) electrons. The summed E-state index contributed by atoms with van der Waals surface area (Å²) in [6, 6.07) is 16.7. The highest BCUT2D eigenvalue weighted by Gasteiger charge is 2.28. The standard InChI is InChI=1S/C27H30N6OS.C23H28N6O2.C8H11NO2S/c1-27(2,3)26-28-14-24(35-26)23(34)11-18-7-5-6-17-10-19(8-9-21(17)18)22-12-25(30-16-29-22)32-20-13-31-33(4)15-20;1-23(2,3)31-22(30)28-19-7-5-6-15-10-16(8-9-18(15)19)20-11-21(25-14-24-20)27-17-12-26-29(4)13-17;1-8(2,3)7-9-4-5(12-7)6(10)11/h8-10,12-16,18H,5-7,11H2,1-4H3,(H,29,30,32);8-14,19H,5-7H2,1-4H3,(H,28,30)(H,24,25,27);4H,1-3H3,(H,10,11). The molecule has 6 aromatic heterocycles. The summed E-state index contributed by atoms with van der Waals surface area (Å²) < 4.78 is 8.91. The summed E-state index contributed by atoms with van der Waals surface area (Å²) >= 11 is 2.77. The Bertz CT molecular complexity index is 3390. The van der Waals surface area contributed by atoms with Crippen molar-refractivity contribution >= 4 is 63.5 Å². The minimum Gasteiger partial charge on any atom is -0.477 e. The summed E-state index contributed by atoms with van der Waals surface area (Å²) in [4.78, 5) is 63.1. The number of nitrogens with one attached hydrogen (secondary N) is 3. The number of rotatable bonds is 11. The van der Waals surface area contributed by atoms with Crippen molar-refractivity contribution in [2.24, 2.45) is 14.1 Å². The van der Waals surface area contributed by atoms with Crippen molar-refractivity contribution in [1.82, 2.24) is 54.8 Å². The Kier molecular flexibility index (Phi) is 17.3. The van der Waals surface area contributed by atoms with Gasteiger partial charge in [-0.05, 0) is 99.6 Å². The average Bonchev–Trinajstić information content (AvgIpc) is 4.28. The van der Waals surface area contributed by atoms with Gasteiger partial charge in [0, 0.05) is 73.2 Å². The smallest absolute Gasteiger partial charge is 0.408 e. The number of benzene rings is 2. The lowest BCUT2D eigenvalue weighted by molar-refractivity contribution is 0.0498. The summed E-state index contributed by atoms with van der Waals surface area (Å²) in [5.74, 6) is 0.974. The number of aromatic carboxylic acids is 1. The van der Waals surface area contributed by atoms with Gasteiger partial charge in [0.1, 0.15) is 34.8 Å². The van der Waals surface area contributed by atoms with Gasteiger partial charge in [-0.1, -0.05) is 65.8 Å². The number of anilines is 4. The average molecular weight is 1090 g/mol. The number of fused-ring (bicyclic) bond motifs is 2. The molecule has 408 valence electrons. The van der Waals surface area contributed by atoms with Crippen LogP contribution in [0.2, 0.25) is 0 Å². The highest BCUT2D eigenvalue weighted by atomic mass is 32.1. The molecule has 2 aliphatic rings. The molecule has 4 N–H and O–H groups in total. The van der Waals surface area contributed by atoms with Crippen molar-refractivity contribution in [1.29, 1.82) is 0 Å². The van der Waals surface area contributed by atoms with Crippen LogP contribution >= 0.6 is 22.7 Å². The summed E-state index contributed by atoms with van der Waals surface area (Å²) in [6.07, 6.45) is 19.8. The fourth-order valence-corrected chi connectivity index (χ4v) is 10.8.